The minimum Gasteiger partial charge on any atom is -0.198 e. The molecule has 0 rings (SSSR count). The van der Waals surface area contributed by atoms with Crippen molar-refractivity contribution in [2.45, 2.75) is 19.9 Å². The average molecular weight is 123 g/mol. The van der Waals surface area contributed by atoms with Crippen LogP contribution >= 0.6 is 25.6 Å². The van der Waals surface area contributed by atoms with Gasteiger partial charge in [0.25, 0.3) is 0 Å². The van der Waals surface area contributed by atoms with E-state index in [4.69, 9.17) is 0 Å². The summed E-state index contributed by atoms with van der Waals surface area (Å²) in [6, 6.07) is 0.414. The second-order valence-corrected chi connectivity index (χ2v) is 2.59. The highest BCUT2D eigenvalue weighted by molar-refractivity contribution is 7.93. The van der Waals surface area contributed by atoms with E-state index in [9.17, 15) is 0 Å². The van der Waals surface area contributed by atoms with E-state index in [1.807, 2.05) is 13.8 Å². The molecule has 0 atom stereocenters. The summed E-state index contributed by atoms with van der Waals surface area (Å²) in [5.74, 6) is 0. The van der Waals surface area contributed by atoms with Crippen molar-refractivity contribution in [3.8, 4) is 0 Å². The molecule has 0 saturated carbocycles. The molecule has 0 saturated heterocycles. The molecule has 1 nitrogen and oxygen atoms in total. The summed E-state index contributed by atoms with van der Waals surface area (Å²) in [4.78, 5) is 0. The molecule has 0 bridgehead atoms. The van der Waals surface area contributed by atoms with E-state index in [1.165, 1.54) is 0 Å². The van der Waals surface area contributed by atoms with Gasteiger partial charge in [-0.3, -0.25) is 0 Å². The molecule has 0 fully saturated rings. The van der Waals surface area contributed by atoms with E-state index >= 15 is 0 Å². The van der Waals surface area contributed by atoms with E-state index in [0.29, 0.717) is 6.04 Å². The fourth-order valence-electron chi connectivity index (χ4n) is 0. The summed E-state index contributed by atoms with van der Waals surface area (Å²) in [6.45, 7) is 4.03. The predicted molar refractivity (Wildman–Crippen MR) is 34.9 cm³/mol. The lowest BCUT2D eigenvalue weighted by atomic mass is 10.4. The van der Waals surface area contributed by atoms with Gasteiger partial charge < -0.3 is 0 Å². The molecule has 0 amide bonds. The minimum atomic E-state index is 0.414. The summed E-state index contributed by atoms with van der Waals surface area (Å²) in [5, 5.41) is 0. The van der Waals surface area contributed by atoms with Crippen LogP contribution in [-0.2, 0) is 0 Å². The van der Waals surface area contributed by atoms with Gasteiger partial charge in [0.1, 0.15) is 0 Å². The van der Waals surface area contributed by atoms with Gasteiger partial charge in [-0.2, -0.15) is 3.71 Å². The Kier molecular flexibility index (Phi) is 3.08. The second kappa shape index (κ2) is 2.77. The highest BCUT2D eigenvalue weighted by Crippen LogP contribution is 2.02. The molecule has 6 heavy (non-hydrogen) atoms. The summed E-state index contributed by atoms with van der Waals surface area (Å²) in [5.41, 5.74) is 0. The Morgan fingerprint density at radius 1 is 1.33 bits per heavy atom. The van der Waals surface area contributed by atoms with Crippen LogP contribution in [0.2, 0.25) is 0 Å². The van der Waals surface area contributed by atoms with Crippen molar-refractivity contribution in [1.82, 2.24) is 3.71 Å². The van der Waals surface area contributed by atoms with Gasteiger partial charge in [0.2, 0.25) is 0 Å². The fourth-order valence-corrected chi connectivity index (χ4v) is 0. The smallest absolute Gasteiger partial charge is 0.0253 e. The largest absolute Gasteiger partial charge is 0.198 e. The first kappa shape index (κ1) is 6.66. The Labute approximate surface area is 49.8 Å². The van der Waals surface area contributed by atoms with Gasteiger partial charge in [0.15, 0.2) is 0 Å². The number of hydrogen-bond donors (Lipinski definition) is 2. The second-order valence-electron chi connectivity index (χ2n) is 1.41. The number of hydrogen-bond acceptors (Lipinski definition) is 3. The van der Waals surface area contributed by atoms with Crippen LogP contribution in [0.15, 0.2) is 0 Å². The van der Waals surface area contributed by atoms with E-state index < -0.39 is 0 Å². The lowest BCUT2D eigenvalue weighted by Gasteiger charge is -2.08. The van der Waals surface area contributed by atoms with Crippen LogP contribution in [0, 0.1) is 0 Å². The van der Waals surface area contributed by atoms with Crippen LogP contribution in [0.4, 0.5) is 0 Å². The Balaban J connectivity index is 2.99. The molecule has 0 radical (unpaired) electrons. The zero-order chi connectivity index (χ0) is 5.15. The molecule has 0 heterocycles. The summed E-state index contributed by atoms with van der Waals surface area (Å²) in [7, 11) is 0. The SMILES string of the molecule is CC(C)N(S)S. The van der Waals surface area contributed by atoms with Crippen molar-refractivity contribution in [2.75, 3.05) is 0 Å². The highest BCUT2D eigenvalue weighted by Gasteiger charge is 1.93. The fraction of sp³-hybridized carbons (Fsp3) is 1.00. The summed E-state index contributed by atoms with van der Waals surface area (Å²) < 4.78 is 1.56. The molecule has 38 valence electrons. The quantitative estimate of drug-likeness (QED) is 0.498. The van der Waals surface area contributed by atoms with Crippen molar-refractivity contribution in [3.05, 3.63) is 0 Å². The molecule has 0 aromatic heterocycles. The first-order valence-corrected chi connectivity index (χ1v) is 2.61. The van der Waals surface area contributed by atoms with Crippen molar-refractivity contribution < 1.29 is 0 Å². The lowest BCUT2D eigenvalue weighted by Crippen LogP contribution is -2.08. The van der Waals surface area contributed by atoms with E-state index in [0.717, 1.165) is 0 Å². The molecule has 3 heteroatoms. The highest BCUT2D eigenvalue weighted by atomic mass is 32.2. The Morgan fingerprint density at radius 3 is 1.50 bits per heavy atom. The van der Waals surface area contributed by atoms with Gasteiger partial charge in [-0.05, 0) is 13.8 Å². The Morgan fingerprint density at radius 2 is 1.50 bits per heavy atom. The Hall–Kier alpha value is 0.660. The minimum absolute atomic E-state index is 0.414. The first-order chi connectivity index (χ1) is 2.64. The average Bonchev–Trinajstić information content (AvgIpc) is 1.36. The van der Waals surface area contributed by atoms with Gasteiger partial charge in [-0.25, -0.2) is 0 Å². The van der Waals surface area contributed by atoms with Crippen LogP contribution in [0.25, 0.3) is 0 Å². The van der Waals surface area contributed by atoms with E-state index in [-0.39, 0.29) is 0 Å². The molecular formula is C3H9NS2. The molecule has 0 unspecified atom stereocenters. The molecule has 0 aliphatic rings. The maximum absolute atomic E-state index is 3.89. The number of rotatable bonds is 1. The van der Waals surface area contributed by atoms with Crippen LogP contribution in [0.5, 0.6) is 0 Å². The third-order valence-electron chi connectivity index (χ3n) is 0.462. The van der Waals surface area contributed by atoms with Crippen molar-refractivity contribution >= 4 is 25.6 Å². The van der Waals surface area contributed by atoms with Gasteiger partial charge >= 0.3 is 0 Å². The third kappa shape index (κ3) is 2.87. The summed E-state index contributed by atoms with van der Waals surface area (Å²) in [6.07, 6.45) is 0. The molecular weight excluding hydrogens is 114 g/mol. The van der Waals surface area contributed by atoms with Gasteiger partial charge in [-0.1, -0.05) is 25.6 Å². The maximum atomic E-state index is 3.89. The zero-order valence-corrected chi connectivity index (χ0v) is 5.71. The molecule has 0 aliphatic carbocycles. The molecule has 0 spiro atoms. The molecule has 0 aromatic carbocycles. The van der Waals surface area contributed by atoms with Crippen molar-refractivity contribution in [2.24, 2.45) is 0 Å². The monoisotopic (exact) mass is 123 g/mol. The van der Waals surface area contributed by atoms with Gasteiger partial charge in [0, 0.05) is 6.04 Å². The third-order valence-corrected chi connectivity index (χ3v) is 1.39. The lowest BCUT2D eigenvalue weighted by molar-refractivity contribution is 0.612. The van der Waals surface area contributed by atoms with Crippen LogP contribution in [0.1, 0.15) is 13.8 Å². The standard InChI is InChI=1S/C3H9NS2/c1-3(2)4(5)6/h3,5-6H,1-2H3. The molecule has 0 N–H and O–H groups in total. The van der Waals surface area contributed by atoms with Gasteiger partial charge in [0.05, 0.1) is 0 Å². The zero-order valence-electron chi connectivity index (χ0n) is 3.92. The van der Waals surface area contributed by atoms with Crippen molar-refractivity contribution in [1.29, 1.82) is 0 Å². The van der Waals surface area contributed by atoms with E-state index in [2.05, 4.69) is 25.6 Å². The molecule has 0 aromatic rings. The summed E-state index contributed by atoms with van der Waals surface area (Å²) >= 11 is 7.78. The maximum Gasteiger partial charge on any atom is 0.0253 e. The van der Waals surface area contributed by atoms with Crippen LogP contribution in [0.3, 0.4) is 0 Å². The van der Waals surface area contributed by atoms with E-state index in [1.54, 1.807) is 3.71 Å². The normalized spacial score (nSPS) is 11.0. The number of nitrogens with zero attached hydrogens (tertiary/aromatic N) is 1. The Bertz CT molecular complexity index is 29.8. The molecule has 0 aliphatic heterocycles. The number of thiol groups is 2. The van der Waals surface area contributed by atoms with Crippen LogP contribution in [-0.4, -0.2) is 9.75 Å². The van der Waals surface area contributed by atoms with Crippen LogP contribution < -0.4 is 0 Å². The topological polar surface area (TPSA) is 3.24 Å². The predicted octanol–water partition coefficient (Wildman–Crippen LogP) is 1.39. The van der Waals surface area contributed by atoms with Crippen molar-refractivity contribution in [3.63, 3.8) is 0 Å². The van der Waals surface area contributed by atoms with Gasteiger partial charge in [-0.15, -0.1) is 0 Å². The first-order valence-electron chi connectivity index (χ1n) is 1.81.